The first-order chi connectivity index (χ1) is 4.81. The molecule has 0 aromatic carbocycles. The maximum absolute atomic E-state index is 10.2. The molecule has 0 bridgehead atoms. The van der Waals surface area contributed by atoms with Gasteiger partial charge in [0.2, 0.25) is 6.41 Å². The van der Waals surface area contributed by atoms with Crippen LogP contribution in [0.15, 0.2) is 0 Å². The normalized spacial score (nSPS) is 8.50. The van der Waals surface area contributed by atoms with E-state index in [1.54, 1.807) is 0 Å². The van der Waals surface area contributed by atoms with Gasteiger partial charge < -0.3 is 15.2 Å². The van der Waals surface area contributed by atoms with E-state index in [1.165, 1.54) is 0 Å². The number of ether oxygens (including phenoxy) is 1. The Morgan fingerprint density at radius 2 is 2.40 bits per heavy atom. The SMILES string of the molecule is O=CNCCOC(=O)CO. The summed E-state index contributed by atoms with van der Waals surface area (Å²) in [6, 6.07) is 0. The number of hydrogen-bond donors (Lipinski definition) is 2. The Kier molecular flexibility index (Phi) is 5.36. The first-order valence-electron chi connectivity index (χ1n) is 2.74. The monoisotopic (exact) mass is 147 g/mol. The number of rotatable bonds is 5. The van der Waals surface area contributed by atoms with E-state index in [4.69, 9.17) is 5.11 Å². The highest BCUT2D eigenvalue weighted by atomic mass is 16.5. The van der Waals surface area contributed by atoms with E-state index in [-0.39, 0.29) is 13.2 Å². The van der Waals surface area contributed by atoms with Crippen LogP contribution < -0.4 is 5.32 Å². The van der Waals surface area contributed by atoms with Crippen LogP contribution in [-0.2, 0) is 14.3 Å². The van der Waals surface area contributed by atoms with Gasteiger partial charge in [-0.25, -0.2) is 4.79 Å². The van der Waals surface area contributed by atoms with Gasteiger partial charge in [-0.1, -0.05) is 0 Å². The molecule has 2 N–H and O–H groups in total. The predicted molar refractivity (Wildman–Crippen MR) is 32.1 cm³/mol. The van der Waals surface area contributed by atoms with Crippen LogP contribution in [0.5, 0.6) is 0 Å². The maximum Gasteiger partial charge on any atom is 0.331 e. The summed E-state index contributed by atoms with van der Waals surface area (Å²) in [5.74, 6) is -0.687. The number of aliphatic hydroxyl groups excluding tert-OH is 1. The van der Waals surface area contributed by atoms with Gasteiger partial charge in [0.05, 0.1) is 6.54 Å². The summed E-state index contributed by atoms with van der Waals surface area (Å²) < 4.78 is 4.38. The van der Waals surface area contributed by atoms with E-state index < -0.39 is 12.6 Å². The van der Waals surface area contributed by atoms with Crippen molar-refractivity contribution in [2.75, 3.05) is 19.8 Å². The minimum atomic E-state index is -0.687. The maximum atomic E-state index is 10.2. The molecule has 0 rings (SSSR count). The third kappa shape index (κ3) is 5.04. The molecule has 5 nitrogen and oxygen atoms in total. The quantitative estimate of drug-likeness (QED) is 0.275. The summed E-state index contributed by atoms with van der Waals surface area (Å²) in [6.07, 6.45) is 0.507. The largest absolute Gasteiger partial charge is 0.462 e. The Hall–Kier alpha value is -1.10. The highest BCUT2D eigenvalue weighted by Crippen LogP contribution is 1.73. The van der Waals surface area contributed by atoms with Gasteiger partial charge in [-0.2, -0.15) is 0 Å². The van der Waals surface area contributed by atoms with Crippen LogP contribution in [0.1, 0.15) is 0 Å². The third-order valence-corrected chi connectivity index (χ3v) is 0.722. The van der Waals surface area contributed by atoms with Gasteiger partial charge in [0, 0.05) is 0 Å². The molecular weight excluding hydrogens is 138 g/mol. The lowest BCUT2D eigenvalue weighted by Gasteiger charge is -1.99. The molecule has 10 heavy (non-hydrogen) atoms. The summed E-state index contributed by atoms with van der Waals surface area (Å²) in [6.45, 7) is -0.255. The average molecular weight is 147 g/mol. The van der Waals surface area contributed by atoms with E-state index in [2.05, 4.69) is 10.1 Å². The molecule has 1 amide bonds. The molecule has 58 valence electrons. The first-order valence-corrected chi connectivity index (χ1v) is 2.74. The second-order valence-corrected chi connectivity index (χ2v) is 1.45. The van der Waals surface area contributed by atoms with Gasteiger partial charge in [-0.3, -0.25) is 4.79 Å². The lowest BCUT2D eigenvalue weighted by atomic mass is 10.6. The van der Waals surface area contributed by atoms with E-state index >= 15 is 0 Å². The fourth-order valence-corrected chi connectivity index (χ4v) is 0.328. The van der Waals surface area contributed by atoms with Gasteiger partial charge in [0.1, 0.15) is 13.2 Å². The van der Waals surface area contributed by atoms with Crippen LogP contribution in [0, 0.1) is 0 Å². The lowest BCUT2D eigenvalue weighted by molar-refractivity contribution is -0.146. The van der Waals surface area contributed by atoms with Crippen LogP contribution in [0.2, 0.25) is 0 Å². The molecule has 0 saturated heterocycles. The Labute approximate surface area is 58.0 Å². The highest BCUT2D eigenvalue weighted by molar-refractivity contribution is 5.70. The molecule has 0 saturated carbocycles. The van der Waals surface area contributed by atoms with Crippen molar-refractivity contribution in [1.29, 1.82) is 0 Å². The molecule has 0 aliphatic rings. The van der Waals surface area contributed by atoms with Gasteiger partial charge in [-0.15, -0.1) is 0 Å². The van der Waals surface area contributed by atoms with Crippen molar-refractivity contribution < 1.29 is 19.4 Å². The fourth-order valence-electron chi connectivity index (χ4n) is 0.328. The van der Waals surface area contributed by atoms with Crippen molar-refractivity contribution in [2.45, 2.75) is 0 Å². The molecular formula is C5H9NO4. The molecule has 0 fully saturated rings. The summed E-state index contributed by atoms with van der Waals surface area (Å²) in [4.78, 5) is 19.8. The van der Waals surface area contributed by atoms with E-state index in [0.29, 0.717) is 6.41 Å². The van der Waals surface area contributed by atoms with Crippen LogP contribution in [-0.4, -0.2) is 37.2 Å². The number of esters is 1. The van der Waals surface area contributed by atoms with E-state index in [9.17, 15) is 9.59 Å². The molecule has 0 radical (unpaired) electrons. The van der Waals surface area contributed by atoms with Crippen molar-refractivity contribution in [3.63, 3.8) is 0 Å². The minimum Gasteiger partial charge on any atom is -0.462 e. The van der Waals surface area contributed by atoms with E-state index in [1.807, 2.05) is 0 Å². The van der Waals surface area contributed by atoms with Crippen LogP contribution >= 0.6 is 0 Å². The van der Waals surface area contributed by atoms with Gasteiger partial charge >= 0.3 is 5.97 Å². The van der Waals surface area contributed by atoms with Gasteiger partial charge in [0.25, 0.3) is 0 Å². The smallest absolute Gasteiger partial charge is 0.331 e. The Morgan fingerprint density at radius 1 is 1.70 bits per heavy atom. The third-order valence-electron chi connectivity index (χ3n) is 0.722. The molecule has 0 spiro atoms. The first kappa shape index (κ1) is 8.90. The van der Waals surface area contributed by atoms with Crippen molar-refractivity contribution in [1.82, 2.24) is 5.32 Å². The zero-order valence-electron chi connectivity index (χ0n) is 5.37. The van der Waals surface area contributed by atoms with Crippen LogP contribution in [0.3, 0.4) is 0 Å². The second kappa shape index (κ2) is 6.03. The highest BCUT2D eigenvalue weighted by Gasteiger charge is 1.96. The van der Waals surface area contributed by atoms with E-state index in [0.717, 1.165) is 0 Å². The lowest BCUT2D eigenvalue weighted by Crippen LogP contribution is -2.20. The molecule has 0 aromatic heterocycles. The van der Waals surface area contributed by atoms with Crippen LogP contribution in [0.4, 0.5) is 0 Å². The van der Waals surface area contributed by atoms with Gasteiger partial charge in [-0.05, 0) is 0 Å². The van der Waals surface area contributed by atoms with Crippen molar-refractivity contribution in [3.05, 3.63) is 0 Å². The zero-order chi connectivity index (χ0) is 7.82. The number of amides is 1. The number of carbonyl (C=O) groups is 2. The number of hydrogen-bond acceptors (Lipinski definition) is 4. The average Bonchev–Trinajstić information content (AvgIpc) is 1.98. The number of aliphatic hydroxyl groups is 1. The number of carbonyl (C=O) groups excluding carboxylic acids is 2. The Balaban J connectivity index is 3.03. The minimum absolute atomic E-state index is 0.0954. The van der Waals surface area contributed by atoms with Gasteiger partial charge in [0.15, 0.2) is 0 Å². The molecule has 5 heteroatoms. The molecule has 0 atom stereocenters. The summed E-state index contributed by atoms with van der Waals surface area (Å²) in [5.41, 5.74) is 0. The standard InChI is InChI=1S/C5H9NO4/c7-3-5(9)10-2-1-6-4-8/h4,7H,1-3H2,(H,6,8). The summed E-state index contributed by atoms with van der Waals surface area (Å²) in [5, 5.41) is 10.4. The predicted octanol–water partition coefficient (Wildman–Crippen LogP) is -1.73. The van der Waals surface area contributed by atoms with Crippen molar-refractivity contribution in [3.8, 4) is 0 Å². The van der Waals surface area contributed by atoms with Crippen molar-refractivity contribution in [2.24, 2.45) is 0 Å². The van der Waals surface area contributed by atoms with Crippen molar-refractivity contribution >= 4 is 12.4 Å². The Morgan fingerprint density at radius 3 is 2.90 bits per heavy atom. The summed E-state index contributed by atoms with van der Waals surface area (Å²) in [7, 11) is 0. The fraction of sp³-hybridized carbons (Fsp3) is 0.600. The molecule has 0 aliphatic carbocycles. The Bertz CT molecular complexity index is 114. The van der Waals surface area contributed by atoms with Crippen LogP contribution in [0.25, 0.3) is 0 Å². The molecule has 0 heterocycles. The molecule has 0 aliphatic heterocycles. The molecule has 0 unspecified atom stereocenters. The second-order valence-electron chi connectivity index (χ2n) is 1.45. The summed E-state index contributed by atoms with van der Waals surface area (Å²) >= 11 is 0. The number of nitrogens with one attached hydrogen (secondary N) is 1. The zero-order valence-corrected chi connectivity index (χ0v) is 5.37. The topological polar surface area (TPSA) is 75.6 Å². The molecule has 0 aromatic rings.